The van der Waals surface area contributed by atoms with E-state index in [9.17, 15) is 13.2 Å². The normalized spacial score (nSPS) is 19.8. The van der Waals surface area contributed by atoms with Gasteiger partial charge in [0.1, 0.15) is 0 Å². The quantitative estimate of drug-likeness (QED) is 0.889. The number of aromatic carboxylic acids is 1. The summed E-state index contributed by atoms with van der Waals surface area (Å²) in [5, 5.41) is 8.95. The van der Waals surface area contributed by atoms with Gasteiger partial charge in [-0.25, -0.2) is 13.2 Å². The molecule has 1 fully saturated rings. The van der Waals surface area contributed by atoms with Crippen LogP contribution in [0.5, 0.6) is 0 Å². The third kappa shape index (κ3) is 3.59. The van der Waals surface area contributed by atoms with Gasteiger partial charge in [0.05, 0.1) is 22.3 Å². The molecule has 0 bridgehead atoms. The average Bonchev–Trinajstić information content (AvgIpc) is 2.39. The van der Waals surface area contributed by atoms with Crippen molar-refractivity contribution >= 4 is 31.7 Å². The van der Waals surface area contributed by atoms with E-state index in [2.05, 4.69) is 15.9 Å². The van der Waals surface area contributed by atoms with Gasteiger partial charge in [0.15, 0.2) is 9.84 Å². The lowest BCUT2D eigenvalue weighted by Crippen LogP contribution is -2.28. The van der Waals surface area contributed by atoms with Gasteiger partial charge in [-0.1, -0.05) is 0 Å². The van der Waals surface area contributed by atoms with Crippen LogP contribution >= 0.6 is 15.9 Å². The summed E-state index contributed by atoms with van der Waals surface area (Å²) in [6, 6.07) is 3.99. The molecule has 1 N–H and O–H groups in total. The van der Waals surface area contributed by atoms with Gasteiger partial charge in [-0.2, -0.15) is 0 Å². The van der Waals surface area contributed by atoms with E-state index in [-0.39, 0.29) is 22.3 Å². The molecule has 1 atom stereocenters. The zero-order valence-electron chi connectivity index (χ0n) is 10.7. The summed E-state index contributed by atoms with van der Waals surface area (Å²) in [5.74, 6) is -1.27. The molecule has 1 heterocycles. The van der Waals surface area contributed by atoms with Gasteiger partial charge < -0.3 is 9.84 Å². The minimum absolute atomic E-state index is 0.00609. The Labute approximate surface area is 126 Å². The lowest BCUT2D eigenvalue weighted by atomic mass is 10.1. The van der Waals surface area contributed by atoms with Crippen molar-refractivity contribution in [1.82, 2.24) is 0 Å². The highest BCUT2D eigenvalue weighted by atomic mass is 79.9. The lowest BCUT2D eigenvalue weighted by molar-refractivity contribution is 0.0305. The van der Waals surface area contributed by atoms with Gasteiger partial charge >= 0.3 is 5.97 Å². The van der Waals surface area contributed by atoms with Crippen LogP contribution in [0, 0.1) is 0 Å². The molecular weight excluding hydrogens is 348 g/mol. The standard InChI is InChI=1S/C13H15BrO5S/c14-11-5-4-9(13(15)16)7-12(11)20(17,18)8-10-3-1-2-6-19-10/h4-5,7,10H,1-3,6,8H2,(H,15,16). The van der Waals surface area contributed by atoms with E-state index < -0.39 is 15.8 Å². The van der Waals surface area contributed by atoms with Crippen molar-refractivity contribution in [2.45, 2.75) is 30.3 Å². The second kappa shape index (κ2) is 6.24. The van der Waals surface area contributed by atoms with Crippen LogP contribution in [-0.2, 0) is 14.6 Å². The smallest absolute Gasteiger partial charge is 0.335 e. The molecule has 0 aromatic heterocycles. The van der Waals surface area contributed by atoms with Gasteiger partial charge in [-0.05, 0) is 53.4 Å². The second-order valence-corrected chi connectivity index (χ2v) is 7.58. The fraction of sp³-hybridized carbons (Fsp3) is 0.462. The van der Waals surface area contributed by atoms with Gasteiger partial charge in [0.25, 0.3) is 0 Å². The molecule has 5 nitrogen and oxygen atoms in total. The van der Waals surface area contributed by atoms with Crippen molar-refractivity contribution < 1.29 is 23.1 Å². The summed E-state index contributed by atoms with van der Waals surface area (Å²) in [7, 11) is -3.58. The van der Waals surface area contributed by atoms with Crippen LogP contribution in [0.4, 0.5) is 0 Å². The number of carboxylic acids is 1. The first kappa shape index (κ1) is 15.5. The third-order valence-corrected chi connectivity index (χ3v) is 5.96. The maximum atomic E-state index is 12.4. The SMILES string of the molecule is O=C(O)c1ccc(Br)c(S(=O)(=O)CC2CCCCO2)c1. The number of hydrogen-bond donors (Lipinski definition) is 1. The summed E-state index contributed by atoms with van der Waals surface area (Å²) in [4.78, 5) is 11.0. The van der Waals surface area contributed by atoms with Crippen LogP contribution in [0.3, 0.4) is 0 Å². The molecule has 1 saturated heterocycles. The lowest BCUT2D eigenvalue weighted by Gasteiger charge is -2.22. The van der Waals surface area contributed by atoms with E-state index in [4.69, 9.17) is 9.84 Å². The van der Waals surface area contributed by atoms with Gasteiger partial charge in [-0.3, -0.25) is 0 Å². The topological polar surface area (TPSA) is 80.7 Å². The number of rotatable bonds is 4. The highest BCUT2D eigenvalue weighted by Gasteiger charge is 2.26. The molecule has 110 valence electrons. The Bertz CT molecular complexity index is 605. The van der Waals surface area contributed by atoms with Crippen molar-refractivity contribution in [2.24, 2.45) is 0 Å². The minimum atomic E-state index is -3.58. The molecule has 20 heavy (non-hydrogen) atoms. The van der Waals surface area contributed by atoms with Crippen molar-refractivity contribution in [1.29, 1.82) is 0 Å². The number of benzene rings is 1. The van der Waals surface area contributed by atoms with Crippen molar-refractivity contribution in [3.05, 3.63) is 28.2 Å². The van der Waals surface area contributed by atoms with Crippen molar-refractivity contribution in [2.75, 3.05) is 12.4 Å². The Morgan fingerprint density at radius 1 is 1.40 bits per heavy atom. The number of halogens is 1. The van der Waals surface area contributed by atoms with E-state index in [1.165, 1.54) is 18.2 Å². The van der Waals surface area contributed by atoms with Gasteiger partial charge in [0.2, 0.25) is 0 Å². The van der Waals surface area contributed by atoms with Gasteiger partial charge in [-0.15, -0.1) is 0 Å². The van der Waals surface area contributed by atoms with E-state index >= 15 is 0 Å². The number of hydrogen-bond acceptors (Lipinski definition) is 4. The van der Waals surface area contributed by atoms with E-state index in [1.54, 1.807) is 0 Å². The molecule has 1 aliphatic rings. The van der Waals surface area contributed by atoms with Crippen molar-refractivity contribution in [3.63, 3.8) is 0 Å². The fourth-order valence-electron chi connectivity index (χ4n) is 2.15. The zero-order chi connectivity index (χ0) is 14.8. The zero-order valence-corrected chi connectivity index (χ0v) is 13.1. The number of sulfone groups is 1. The monoisotopic (exact) mass is 362 g/mol. The largest absolute Gasteiger partial charge is 0.478 e. The van der Waals surface area contributed by atoms with Gasteiger partial charge in [0, 0.05) is 11.1 Å². The predicted octanol–water partition coefficient (Wildman–Crippen LogP) is 2.49. The summed E-state index contributed by atoms with van der Waals surface area (Å²) in [5.41, 5.74) is -0.0451. The molecule has 0 spiro atoms. The minimum Gasteiger partial charge on any atom is -0.478 e. The first-order valence-corrected chi connectivity index (χ1v) is 8.72. The number of ether oxygens (including phenoxy) is 1. The molecule has 0 radical (unpaired) electrons. The molecule has 1 unspecified atom stereocenters. The molecule has 0 amide bonds. The Morgan fingerprint density at radius 3 is 2.75 bits per heavy atom. The second-order valence-electron chi connectivity index (χ2n) is 4.72. The first-order chi connectivity index (χ1) is 9.40. The maximum Gasteiger partial charge on any atom is 0.335 e. The Morgan fingerprint density at radius 2 is 2.15 bits per heavy atom. The van der Waals surface area contributed by atoms with E-state index in [0.29, 0.717) is 11.1 Å². The molecule has 0 saturated carbocycles. The molecular formula is C13H15BrO5S. The highest BCUT2D eigenvalue weighted by molar-refractivity contribution is 9.10. The molecule has 7 heteroatoms. The Kier molecular flexibility index (Phi) is 4.82. The van der Waals surface area contributed by atoms with Crippen molar-refractivity contribution in [3.8, 4) is 0 Å². The average molecular weight is 363 g/mol. The van der Waals surface area contributed by atoms with Crippen LogP contribution in [0.2, 0.25) is 0 Å². The molecule has 0 aliphatic carbocycles. The summed E-state index contributed by atoms with van der Waals surface area (Å²) >= 11 is 3.17. The van der Waals surface area contributed by atoms with Crippen LogP contribution in [-0.4, -0.2) is 38.0 Å². The molecule has 1 aromatic carbocycles. The predicted molar refractivity (Wildman–Crippen MR) is 76.7 cm³/mol. The maximum absolute atomic E-state index is 12.4. The third-order valence-electron chi connectivity index (χ3n) is 3.19. The van der Waals surface area contributed by atoms with Crippen LogP contribution < -0.4 is 0 Å². The van der Waals surface area contributed by atoms with Crippen LogP contribution in [0.1, 0.15) is 29.6 Å². The number of carbonyl (C=O) groups is 1. The highest BCUT2D eigenvalue weighted by Crippen LogP contribution is 2.26. The summed E-state index contributed by atoms with van der Waals surface area (Å²) in [6.07, 6.45) is 2.31. The molecule has 2 rings (SSSR count). The van der Waals surface area contributed by atoms with E-state index in [0.717, 1.165) is 19.3 Å². The van der Waals surface area contributed by atoms with Crippen LogP contribution in [0.25, 0.3) is 0 Å². The summed E-state index contributed by atoms with van der Waals surface area (Å²) < 4.78 is 30.6. The van der Waals surface area contributed by atoms with E-state index in [1.807, 2.05) is 0 Å². The molecule has 1 aromatic rings. The Hall–Kier alpha value is -0.920. The first-order valence-electron chi connectivity index (χ1n) is 6.27. The Balaban J connectivity index is 2.28. The summed E-state index contributed by atoms with van der Waals surface area (Å²) in [6.45, 7) is 0.580. The van der Waals surface area contributed by atoms with Crippen LogP contribution in [0.15, 0.2) is 27.6 Å². The molecule has 1 aliphatic heterocycles. The number of carboxylic acid groups (broad SMARTS) is 1. The fourth-order valence-corrected chi connectivity index (χ4v) is 4.74.